The predicted molar refractivity (Wildman–Crippen MR) is 110 cm³/mol. The minimum atomic E-state index is -1.72. The van der Waals surface area contributed by atoms with Gasteiger partial charge in [0.25, 0.3) is 5.91 Å². The van der Waals surface area contributed by atoms with Crippen LogP contribution < -0.4 is 10.6 Å². The highest BCUT2D eigenvalue weighted by Crippen LogP contribution is 2.20. The Kier molecular flexibility index (Phi) is 7.14. The monoisotopic (exact) mass is 447 g/mol. The van der Waals surface area contributed by atoms with Crippen LogP contribution in [0.1, 0.15) is 18.9 Å². The number of aromatic nitrogens is 1. The zero-order valence-corrected chi connectivity index (χ0v) is 17.0. The molecule has 1 unspecified atom stereocenters. The van der Waals surface area contributed by atoms with Gasteiger partial charge in [0.1, 0.15) is 0 Å². The molecular formula is C22H20F3N3O4. The fraction of sp³-hybridized carbons (Fsp3) is 0.227. The standard InChI is InChI=1S/C22H20F3N3O4/c1-12(32-19(30)9-6-13-10-26-16-5-3-2-4-14(13)16)22(31)27-11-18(29)28-17-8-7-15(23)20(24)21(17)25/h2-5,7-8,10,12,26H,6,9,11H2,1H3,(H,27,31)(H,28,29). The number of aryl methyl sites for hydroxylation is 1. The third kappa shape index (κ3) is 5.45. The van der Waals surface area contributed by atoms with Crippen molar-refractivity contribution in [3.05, 3.63) is 65.6 Å². The van der Waals surface area contributed by atoms with Gasteiger partial charge < -0.3 is 20.4 Å². The molecular weight excluding hydrogens is 427 g/mol. The van der Waals surface area contributed by atoms with Crippen molar-refractivity contribution in [1.82, 2.24) is 10.3 Å². The Morgan fingerprint density at radius 2 is 1.81 bits per heavy atom. The molecule has 2 amide bonds. The molecule has 0 spiro atoms. The highest BCUT2D eigenvalue weighted by Gasteiger charge is 2.20. The lowest BCUT2D eigenvalue weighted by Crippen LogP contribution is -2.40. The topological polar surface area (TPSA) is 100 Å². The van der Waals surface area contributed by atoms with Gasteiger partial charge in [0, 0.05) is 23.5 Å². The summed E-state index contributed by atoms with van der Waals surface area (Å²) in [6.07, 6.45) is 1.11. The fourth-order valence-electron chi connectivity index (χ4n) is 3.01. The maximum Gasteiger partial charge on any atom is 0.306 e. The smallest absolute Gasteiger partial charge is 0.306 e. The van der Waals surface area contributed by atoms with Crippen LogP contribution in [0.3, 0.4) is 0 Å². The SMILES string of the molecule is CC(OC(=O)CCc1c[nH]c2ccccc12)C(=O)NCC(=O)Nc1ccc(F)c(F)c1F. The van der Waals surface area contributed by atoms with Crippen LogP contribution in [-0.2, 0) is 25.5 Å². The van der Waals surface area contributed by atoms with Gasteiger partial charge >= 0.3 is 5.97 Å². The molecule has 2 aromatic carbocycles. The van der Waals surface area contributed by atoms with Gasteiger partial charge in [0.15, 0.2) is 23.6 Å². The number of nitrogens with one attached hydrogen (secondary N) is 3. The Morgan fingerprint density at radius 1 is 1.06 bits per heavy atom. The average molecular weight is 447 g/mol. The minimum Gasteiger partial charge on any atom is -0.453 e. The molecule has 0 aliphatic rings. The van der Waals surface area contributed by atoms with Gasteiger partial charge in [-0.1, -0.05) is 18.2 Å². The molecule has 1 atom stereocenters. The number of anilines is 1. The van der Waals surface area contributed by atoms with Gasteiger partial charge in [0.2, 0.25) is 5.91 Å². The number of para-hydroxylation sites is 1. The summed E-state index contributed by atoms with van der Waals surface area (Å²) in [6, 6.07) is 9.14. The molecule has 10 heteroatoms. The molecule has 0 fully saturated rings. The summed E-state index contributed by atoms with van der Waals surface area (Å²) in [6.45, 7) is 0.750. The lowest BCUT2D eigenvalue weighted by molar-refractivity contribution is -0.154. The van der Waals surface area contributed by atoms with Crippen LogP contribution in [0.2, 0.25) is 0 Å². The van der Waals surface area contributed by atoms with Crippen LogP contribution >= 0.6 is 0 Å². The van der Waals surface area contributed by atoms with Crippen molar-refractivity contribution in [2.24, 2.45) is 0 Å². The molecule has 0 bridgehead atoms. The van der Waals surface area contributed by atoms with E-state index in [2.05, 4.69) is 10.3 Å². The Morgan fingerprint density at radius 3 is 2.59 bits per heavy atom. The molecule has 1 aromatic heterocycles. The van der Waals surface area contributed by atoms with Crippen molar-refractivity contribution in [1.29, 1.82) is 0 Å². The van der Waals surface area contributed by atoms with E-state index in [4.69, 9.17) is 4.74 Å². The van der Waals surface area contributed by atoms with Crippen molar-refractivity contribution in [3.63, 3.8) is 0 Å². The van der Waals surface area contributed by atoms with Gasteiger partial charge in [-0.05, 0) is 37.1 Å². The van der Waals surface area contributed by atoms with Crippen molar-refractivity contribution < 1.29 is 32.3 Å². The second-order valence-electron chi connectivity index (χ2n) is 6.98. The van der Waals surface area contributed by atoms with Gasteiger partial charge in [-0.25, -0.2) is 13.2 Å². The van der Waals surface area contributed by atoms with Crippen LogP contribution in [-0.4, -0.2) is 35.4 Å². The molecule has 0 radical (unpaired) electrons. The van der Waals surface area contributed by atoms with Crippen LogP contribution in [0.15, 0.2) is 42.6 Å². The molecule has 7 nitrogen and oxygen atoms in total. The maximum atomic E-state index is 13.6. The number of fused-ring (bicyclic) bond motifs is 1. The first kappa shape index (κ1) is 22.9. The zero-order valence-electron chi connectivity index (χ0n) is 17.0. The Balaban J connectivity index is 1.43. The van der Waals surface area contributed by atoms with Gasteiger partial charge in [-0.15, -0.1) is 0 Å². The number of aromatic amines is 1. The first-order valence-corrected chi connectivity index (χ1v) is 9.71. The summed E-state index contributed by atoms with van der Waals surface area (Å²) < 4.78 is 44.8. The van der Waals surface area contributed by atoms with Crippen LogP contribution in [0.25, 0.3) is 10.9 Å². The number of H-pyrrole nitrogens is 1. The minimum absolute atomic E-state index is 0.0510. The number of esters is 1. The van der Waals surface area contributed by atoms with Crippen LogP contribution in [0, 0.1) is 17.5 Å². The van der Waals surface area contributed by atoms with Crippen molar-refractivity contribution >= 4 is 34.4 Å². The van der Waals surface area contributed by atoms with Crippen LogP contribution in [0.4, 0.5) is 18.9 Å². The molecule has 168 valence electrons. The third-order valence-corrected chi connectivity index (χ3v) is 4.68. The summed E-state index contributed by atoms with van der Waals surface area (Å²) in [5, 5.41) is 5.24. The van der Waals surface area contributed by atoms with E-state index in [0.29, 0.717) is 12.5 Å². The van der Waals surface area contributed by atoms with Crippen molar-refractivity contribution in [2.45, 2.75) is 25.9 Å². The van der Waals surface area contributed by atoms with E-state index in [1.807, 2.05) is 35.8 Å². The summed E-state index contributed by atoms with van der Waals surface area (Å²) in [5.74, 6) is -6.88. The number of halogens is 3. The summed E-state index contributed by atoms with van der Waals surface area (Å²) >= 11 is 0. The van der Waals surface area contributed by atoms with E-state index in [-0.39, 0.29) is 6.42 Å². The number of carbonyl (C=O) groups excluding carboxylic acids is 3. The highest BCUT2D eigenvalue weighted by atomic mass is 19.2. The number of ether oxygens (including phenoxy) is 1. The number of carbonyl (C=O) groups is 3. The Labute approximate surface area is 180 Å². The number of amides is 2. The average Bonchev–Trinajstić information content (AvgIpc) is 3.19. The summed E-state index contributed by atoms with van der Waals surface area (Å²) in [5.41, 5.74) is 1.32. The van der Waals surface area contributed by atoms with E-state index in [1.54, 1.807) is 0 Å². The number of hydrogen-bond donors (Lipinski definition) is 3. The van der Waals surface area contributed by atoms with Gasteiger partial charge in [-0.2, -0.15) is 0 Å². The second kappa shape index (κ2) is 9.99. The fourth-order valence-corrected chi connectivity index (χ4v) is 3.01. The maximum absolute atomic E-state index is 13.6. The Bertz CT molecular complexity index is 1160. The van der Waals surface area contributed by atoms with E-state index < -0.39 is 53.6 Å². The van der Waals surface area contributed by atoms with E-state index in [1.165, 1.54) is 6.92 Å². The molecule has 32 heavy (non-hydrogen) atoms. The largest absolute Gasteiger partial charge is 0.453 e. The molecule has 3 N–H and O–H groups in total. The third-order valence-electron chi connectivity index (χ3n) is 4.68. The molecule has 3 aromatic rings. The second-order valence-corrected chi connectivity index (χ2v) is 6.98. The summed E-state index contributed by atoms with van der Waals surface area (Å²) in [7, 11) is 0. The number of benzene rings is 2. The lowest BCUT2D eigenvalue weighted by atomic mass is 10.1. The van der Waals surface area contributed by atoms with E-state index in [9.17, 15) is 27.6 Å². The molecule has 1 heterocycles. The van der Waals surface area contributed by atoms with Gasteiger partial charge in [-0.3, -0.25) is 14.4 Å². The Hall–Kier alpha value is -3.82. The van der Waals surface area contributed by atoms with Crippen LogP contribution in [0.5, 0.6) is 0 Å². The van der Waals surface area contributed by atoms with E-state index >= 15 is 0 Å². The normalized spacial score (nSPS) is 11.8. The lowest BCUT2D eigenvalue weighted by Gasteiger charge is -2.13. The first-order chi connectivity index (χ1) is 15.3. The van der Waals surface area contributed by atoms with Crippen molar-refractivity contribution in [3.8, 4) is 0 Å². The summed E-state index contributed by atoms with van der Waals surface area (Å²) in [4.78, 5) is 39.1. The van der Waals surface area contributed by atoms with Crippen molar-refractivity contribution in [2.75, 3.05) is 11.9 Å². The molecule has 3 rings (SSSR count). The zero-order chi connectivity index (χ0) is 23.3. The number of rotatable bonds is 8. The predicted octanol–water partition coefficient (Wildman–Crippen LogP) is 3.20. The quantitative estimate of drug-likeness (QED) is 0.365. The van der Waals surface area contributed by atoms with Gasteiger partial charge in [0.05, 0.1) is 12.2 Å². The highest BCUT2D eigenvalue weighted by molar-refractivity contribution is 5.95. The molecule has 0 aliphatic heterocycles. The van der Waals surface area contributed by atoms with E-state index in [0.717, 1.165) is 22.5 Å². The first-order valence-electron chi connectivity index (χ1n) is 9.71. The molecule has 0 saturated heterocycles. The molecule has 0 saturated carbocycles. The number of hydrogen-bond acceptors (Lipinski definition) is 4. The molecule has 0 aliphatic carbocycles.